The largest absolute Gasteiger partial charge is 0.322 e. The van der Waals surface area contributed by atoms with Gasteiger partial charge >= 0.3 is 0 Å². The summed E-state index contributed by atoms with van der Waals surface area (Å²) >= 11 is 0. The van der Waals surface area contributed by atoms with Crippen molar-refractivity contribution in [2.24, 2.45) is 0 Å². The number of fused-ring (bicyclic) bond motifs is 20. The summed E-state index contributed by atoms with van der Waals surface area (Å²) in [4.78, 5) is 54.1. The monoisotopic (exact) mass is 518 g/mol. The van der Waals surface area contributed by atoms with Crippen LogP contribution in [0.3, 0.4) is 0 Å². The Bertz CT molecular complexity index is 2030. The number of pyridine rings is 4. The van der Waals surface area contributed by atoms with Gasteiger partial charge in [-0.2, -0.15) is 0 Å². The molecule has 186 valence electrons. The Hall–Kier alpha value is -6.04. The van der Waals surface area contributed by atoms with Crippen LogP contribution in [0, 0.1) is 0 Å². The lowest BCUT2D eigenvalue weighted by molar-refractivity contribution is 1.18. The molecule has 0 saturated heterocycles. The van der Waals surface area contributed by atoms with Gasteiger partial charge in [-0.3, -0.25) is 19.9 Å². The zero-order chi connectivity index (χ0) is 26.2. The van der Waals surface area contributed by atoms with Gasteiger partial charge in [0.05, 0.1) is 0 Å². The van der Waals surface area contributed by atoms with Crippen LogP contribution in [-0.4, -0.2) is 59.8 Å². The van der Waals surface area contributed by atoms with Gasteiger partial charge in [-0.25, -0.2) is 29.9 Å². The summed E-state index contributed by atoms with van der Waals surface area (Å²) in [7, 11) is 0. The maximum atomic E-state index is 4.91. The van der Waals surface area contributed by atoms with Crippen LogP contribution in [0.1, 0.15) is 0 Å². The molecule has 12 heteroatoms. The summed E-state index contributed by atoms with van der Waals surface area (Å²) in [5.41, 5.74) is 6.23. The van der Waals surface area contributed by atoms with Gasteiger partial charge in [-0.05, 0) is 48.5 Å². The third-order valence-electron chi connectivity index (χ3n) is 6.86. The maximum Gasteiger partial charge on any atom is 0.183 e. The van der Waals surface area contributed by atoms with Gasteiger partial charge in [0.1, 0.15) is 33.7 Å². The summed E-state index contributed by atoms with van der Waals surface area (Å²) in [6.07, 6.45) is 6.86. The number of rotatable bonds is 0. The van der Waals surface area contributed by atoms with Gasteiger partial charge in [0.2, 0.25) is 0 Å². The van der Waals surface area contributed by atoms with Crippen molar-refractivity contribution in [2.45, 2.75) is 0 Å². The molecule has 0 spiro atoms. The first kappa shape index (κ1) is 21.0. The van der Waals surface area contributed by atoms with Gasteiger partial charge in [0, 0.05) is 46.7 Å². The van der Waals surface area contributed by atoms with E-state index in [-0.39, 0.29) is 0 Å². The number of nitrogens with one attached hydrogen (secondary N) is 2. The number of aromatic nitrogens is 12. The third-order valence-corrected chi connectivity index (χ3v) is 6.86. The summed E-state index contributed by atoms with van der Waals surface area (Å²) in [6, 6.07) is 15.1. The van der Waals surface area contributed by atoms with E-state index in [1.54, 1.807) is 24.8 Å². The second kappa shape index (κ2) is 7.74. The lowest BCUT2D eigenvalue weighted by atomic mass is 10.2. The fourth-order valence-electron chi connectivity index (χ4n) is 5.09. The van der Waals surface area contributed by atoms with E-state index in [1.807, 2.05) is 48.5 Å². The van der Waals surface area contributed by atoms with Crippen molar-refractivity contribution < 1.29 is 0 Å². The van der Waals surface area contributed by atoms with Gasteiger partial charge in [-0.15, -0.1) is 0 Å². The molecule has 0 amide bonds. The minimum atomic E-state index is 0.413. The van der Waals surface area contributed by atoms with Gasteiger partial charge < -0.3 is 9.97 Å². The Balaban J connectivity index is 1.51. The van der Waals surface area contributed by atoms with Gasteiger partial charge in [-0.1, -0.05) is 0 Å². The van der Waals surface area contributed by atoms with Crippen LogP contribution in [0.5, 0.6) is 0 Å². The minimum Gasteiger partial charge on any atom is -0.322 e. The number of hydrogen-bond donors (Lipinski definition) is 2. The van der Waals surface area contributed by atoms with E-state index >= 15 is 0 Å². The third kappa shape index (κ3) is 2.95. The van der Waals surface area contributed by atoms with Crippen LogP contribution in [0.2, 0.25) is 0 Å². The fourth-order valence-corrected chi connectivity index (χ4v) is 5.09. The Morgan fingerprint density at radius 1 is 0.400 bits per heavy atom. The number of aromatic amines is 2. The SMILES string of the molecule is c1cnc2c(c1)-c1nc-2nc2[nH]c(nc3nc(nc4[nH]c(n1)c1cccnc41)-c1cccnc1-3)c1ncccc21. The standard InChI is InChI=1S/C28H14N12/c1-5-13-17(29-9-1)25-34-21(13)33-22-14-6-2-10-30-18(14)26(35-22)37-24-16-8-4-12-32-20(16)28(39-24)40-27-19-15(7-3-11-31-19)23(36-25)38-27/h1-12H,(H2,33,34,35,36,37,38,39,40). The predicted octanol–water partition coefficient (Wildman–Crippen LogP) is 4.45. The van der Waals surface area contributed by atoms with E-state index in [1.165, 1.54) is 0 Å². The molecule has 12 nitrogen and oxygen atoms in total. The Morgan fingerprint density at radius 2 is 0.825 bits per heavy atom. The Morgan fingerprint density at radius 3 is 1.38 bits per heavy atom. The molecule has 7 aromatic heterocycles. The van der Waals surface area contributed by atoms with Crippen molar-refractivity contribution >= 4 is 44.4 Å². The van der Waals surface area contributed by atoms with Crippen LogP contribution in [0.15, 0.2) is 73.3 Å². The highest BCUT2D eigenvalue weighted by molar-refractivity contribution is 6.03. The van der Waals surface area contributed by atoms with Gasteiger partial charge in [0.25, 0.3) is 0 Å². The molecule has 0 saturated carbocycles. The van der Waals surface area contributed by atoms with Crippen molar-refractivity contribution in [3.8, 4) is 45.8 Å². The fraction of sp³-hybridized carbons (Fsp3) is 0. The first-order valence-corrected chi connectivity index (χ1v) is 12.4. The quantitative estimate of drug-likeness (QED) is 0.293. The van der Waals surface area contributed by atoms with Crippen LogP contribution in [-0.2, 0) is 0 Å². The predicted molar refractivity (Wildman–Crippen MR) is 147 cm³/mol. The minimum absolute atomic E-state index is 0.413. The summed E-state index contributed by atoms with van der Waals surface area (Å²) in [5, 5.41) is 1.59. The molecule has 2 aliphatic rings. The zero-order valence-electron chi connectivity index (χ0n) is 20.4. The van der Waals surface area contributed by atoms with E-state index in [0.717, 1.165) is 21.9 Å². The molecular formula is C28H14N12. The Labute approximate surface area is 223 Å². The molecule has 9 rings (SSSR count). The van der Waals surface area contributed by atoms with E-state index < -0.39 is 0 Å². The first-order valence-electron chi connectivity index (χ1n) is 12.4. The average Bonchev–Trinajstić information content (AvgIpc) is 3.73. The highest BCUT2D eigenvalue weighted by Gasteiger charge is 2.23. The van der Waals surface area contributed by atoms with Crippen LogP contribution in [0.25, 0.3) is 90.2 Å². The van der Waals surface area contributed by atoms with Gasteiger partial charge in [0.15, 0.2) is 34.6 Å². The number of hydrogen-bond acceptors (Lipinski definition) is 10. The van der Waals surface area contributed by atoms with Crippen molar-refractivity contribution in [1.82, 2.24) is 59.8 Å². The number of H-pyrrole nitrogens is 2. The lowest BCUT2D eigenvalue weighted by Gasteiger charge is -1.95. The van der Waals surface area contributed by atoms with E-state index in [0.29, 0.717) is 68.3 Å². The highest BCUT2D eigenvalue weighted by Crippen LogP contribution is 2.34. The first-order chi connectivity index (χ1) is 19.8. The topological polar surface area (TPSA) is 160 Å². The molecule has 2 N–H and O–H groups in total. The van der Waals surface area contributed by atoms with E-state index in [2.05, 4.69) is 29.9 Å². The van der Waals surface area contributed by atoms with Crippen LogP contribution in [0.4, 0.5) is 0 Å². The van der Waals surface area contributed by atoms with Crippen LogP contribution < -0.4 is 0 Å². The molecule has 7 aromatic rings. The molecule has 40 heavy (non-hydrogen) atoms. The summed E-state index contributed by atoms with van der Waals surface area (Å²) in [6.45, 7) is 0. The highest BCUT2D eigenvalue weighted by atomic mass is 15.1. The number of nitrogens with zero attached hydrogens (tertiary/aromatic N) is 10. The average molecular weight is 519 g/mol. The molecule has 2 aliphatic heterocycles. The Kier molecular flexibility index (Phi) is 4.05. The summed E-state index contributed by atoms with van der Waals surface area (Å²) in [5.74, 6) is 1.79. The van der Waals surface area contributed by atoms with E-state index in [4.69, 9.17) is 29.9 Å². The van der Waals surface area contributed by atoms with Crippen molar-refractivity contribution in [3.05, 3.63) is 73.3 Å². The molecule has 0 fully saturated rings. The lowest BCUT2D eigenvalue weighted by Crippen LogP contribution is -1.86. The van der Waals surface area contributed by atoms with E-state index in [9.17, 15) is 0 Å². The molecular weight excluding hydrogens is 504 g/mol. The molecule has 9 heterocycles. The smallest absolute Gasteiger partial charge is 0.183 e. The molecule has 8 bridgehead atoms. The molecule has 0 unspecified atom stereocenters. The van der Waals surface area contributed by atoms with Crippen LogP contribution >= 0.6 is 0 Å². The maximum absolute atomic E-state index is 4.91. The van der Waals surface area contributed by atoms with Crippen molar-refractivity contribution in [3.63, 3.8) is 0 Å². The van der Waals surface area contributed by atoms with Crippen molar-refractivity contribution in [2.75, 3.05) is 0 Å². The normalized spacial score (nSPS) is 12.0. The second-order valence-electron chi connectivity index (χ2n) is 9.21. The zero-order valence-corrected chi connectivity index (χ0v) is 20.4. The molecule has 0 aromatic carbocycles. The second-order valence-corrected chi connectivity index (χ2v) is 9.21. The molecule has 0 atom stereocenters. The van der Waals surface area contributed by atoms with Crippen molar-refractivity contribution in [1.29, 1.82) is 0 Å². The molecule has 0 aliphatic carbocycles. The molecule has 0 radical (unpaired) electrons. The summed E-state index contributed by atoms with van der Waals surface area (Å²) < 4.78 is 0.